The zero-order valence-corrected chi connectivity index (χ0v) is 12.9. The molecule has 106 valence electrons. The second kappa shape index (κ2) is 6.09. The van der Waals surface area contributed by atoms with Crippen LogP contribution in [-0.2, 0) is 0 Å². The largest absolute Gasteiger partial charge is 0.451 e. The lowest BCUT2D eigenvalue weighted by molar-refractivity contribution is 0.467. The molecule has 0 unspecified atom stereocenters. The van der Waals surface area contributed by atoms with Gasteiger partial charge in [-0.3, -0.25) is 0 Å². The van der Waals surface area contributed by atoms with Gasteiger partial charge in [0.1, 0.15) is 11.6 Å². The van der Waals surface area contributed by atoms with E-state index in [1.807, 2.05) is 18.5 Å². The maximum atomic E-state index is 5.90. The van der Waals surface area contributed by atoms with E-state index in [-0.39, 0.29) is 0 Å². The average Bonchev–Trinajstić information content (AvgIpc) is 2.41. The number of pyridine rings is 1. The number of ether oxygens (including phenoxy) is 1. The summed E-state index contributed by atoms with van der Waals surface area (Å²) < 4.78 is 5.90. The van der Waals surface area contributed by atoms with E-state index in [9.17, 15) is 0 Å². The van der Waals surface area contributed by atoms with Crippen LogP contribution in [0.25, 0.3) is 0 Å². The SMILES string of the molecule is CSc1cc(Oc2cnc(C)nc2N)c(C(C)C)cn1. The molecule has 0 aromatic carbocycles. The zero-order valence-electron chi connectivity index (χ0n) is 12.0. The van der Waals surface area contributed by atoms with Crippen LogP contribution < -0.4 is 10.5 Å². The Kier molecular flexibility index (Phi) is 4.44. The van der Waals surface area contributed by atoms with Crippen molar-refractivity contribution >= 4 is 17.6 Å². The highest BCUT2D eigenvalue weighted by Gasteiger charge is 2.13. The van der Waals surface area contributed by atoms with Crippen LogP contribution in [0.1, 0.15) is 31.2 Å². The highest BCUT2D eigenvalue weighted by molar-refractivity contribution is 7.98. The van der Waals surface area contributed by atoms with Gasteiger partial charge in [-0.2, -0.15) is 0 Å². The van der Waals surface area contributed by atoms with Crippen molar-refractivity contribution in [3.05, 3.63) is 29.8 Å². The second-order valence-electron chi connectivity index (χ2n) is 4.69. The van der Waals surface area contributed by atoms with Crippen LogP contribution in [0.2, 0.25) is 0 Å². The molecule has 6 heteroatoms. The summed E-state index contributed by atoms with van der Waals surface area (Å²) in [5.74, 6) is 2.49. The van der Waals surface area contributed by atoms with Gasteiger partial charge in [0.05, 0.1) is 11.2 Å². The maximum absolute atomic E-state index is 5.90. The van der Waals surface area contributed by atoms with E-state index in [4.69, 9.17) is 10.5 Å². The second-order valence-corrected chi connectivity index (χ2v) is 5.51. The molecular formula is C14H18N4OS. The lowest BCUT2D eigenvalue weighted by Gasteiger charge is -2.14. The van der Waals surface area contributed by atoms with Crippen molar-refractivity contribution in [3.8, 4) is 11.5 Å². The van der Waals surface area contributed by atoms with Gasteiger partial charge in [0.2, 0.25) is 0 Å². The third-order valence-electron chi connectivity index (χ3n) is 2.82. The predicted molar refractivity (Wildman–Crippen MR) is 81.4 cm³/mol. The fourth-order valence-electron chi connectivity index (χ4n) is 1.74. The quantitative estimate of drug-likeness (QED) is 0.870. The first-order valence-electron chi connectivity index (χ1n) is 6.32. The lowest BCUT2D eigenvalue weighted by atomic mass is 10.1. The number of nitrogen functional groups attached to an aromatic ring is 1. The van der Waals surface area contributed by atoms with Gasteiger partial charge in [-0.05, 0) is 19.1 Å². The molecule has 0 radical (unpaired) electrons. The van der Waals surface area contributed by atoms with Crippen LogP contribution in [0.4, 0.5) is 5.82 Å². The first-order chi connectivity index (χ1) is 9.51. The molecule has 0 saturated heterocycles. The molecule has 0 spiro atoms. The molecule has 0 amide bonds. The summed E-state index contributed by atoms with van der Waals surface area (Å²) in [5.41, 5.74) is 6.90. The van der Waals surface area contributed by atoms with Crippen molar-refractivity contribution in [2.75, 3.05) is 12.0 Å². The van der Waals surface area contributed by atoms with Crippen LogP contribution in [-0.4, -0.2) is 21.2 Å². The third-order valence-corrected chi connectivity index (χ3v) is 3.47. The highest BCUT2D eigenvalue weighted by atomic mass is 32.2. The molecule has 2 aromatic heterocycles. The summed E-state index contributed by atoms with van der Waals surface area (Å²) in [6.07, 6.45) is 5.42. The highest BCUT2D eigenvalue weighted by Crippen LogP contribution is 2.33. The van der Waals surface area contributed by atoms with Crippen LogP contribution in [0, 0.1) is 6.92 Å². The van der Waals surface area contributed by atoms with E-state index in [1.54, 1.807) is 24.9 Å². The first kappa shape index (κ1) is 14.6. The Morgan fingerprint density at radius 1 is 1.20 bits per heavy atom. The molecule has 0 saturated carbocycles. The number of hydrogen-bond acceptors (Lipinski definition) is 6. The number of anilines is 1. The summed E-state index contributed by atoms with van der Waals surface area (Å²) in [6.45, 7) is 5.98. The van der Waals surface area contributed by atoms with E-state index in [0.717, 1.165) is 16.3 Å². The monoisotopic (exact) mass is 290 g/mol. The molecule has 2 N–H and O–H groups in total. The van der Waals surface area contributed by atoms with Gasteiger partial charge in [0.25, 0.3) is 0 Å². The lowest BCUT2D eigenvalue weighted by Crippen LogP contribution is -2.01. The molecular weight excluding hydrogens is 272 g/mol. The molecule has 0 atom stereocenters. The Hall–Kier alpha value is -1.82. The van der Waals surface area contributed by atoms with Crippen LogP contribution in [0.5, 0.6) is 11.5 Å². The van der Waals surface area contributed by atoms with E-state index in [0.29, 0.717) is 23.3 Å². The van der Waals surface area contributed by atoms with Crippen molar-refractivity contribution < 1.29 is 4.74 Å². The van der Waals surface area contributed by atoms with Crippen molar-refractivity contribution in [2.45, 2.75) is 31.7 Å². The number of nitrogens with zero attached hydrogens (tertiary/aromatic N) is 3. The zero-order chi connectivity index (χ0) is 14.7. The third kappa shape index (κ3) is 3.19. The van der Waals surface area contributed by atoms with E-state index in [2.05, 4.69) is 28.8 Å². The molecule has 0 aliphatic carbocycles. The smallest absolute Gasteiger partial charge is 0.187 e. The molecule has 2 aromatic rings. The minimum Gasteiger partial charge on any atom is -0.451 e. The van der Waals surface area contributed by atoms with Crippen molar-refractivity contribution in [1.82, 2.24) is 15.0 Å². The Bertz CT molecular complexity index is 616. The van der Waals surface area contributed by atoms with Crippen molar-refractivity contribution in [1.29, 1.82) is 0 Å². The molecule has 0 bridgehead atoms. The molecule has 20 heavy (non-hydrogen) atoms. The standard InChI is InChI=1S/C14H18N4OS/c1-8(2)10-6-17-13(20-4)5-11(10)19-12-7-16-9(3)18-14(12)15/h5-8H,1-4H3,(H2,15,16,18). The van der Waals surface area contributed by atoms with Gasteiger partial charge in [-0.15, -0.1) is 11.8 Å². The number of hydrogen-bond donors (Lipinski definition) is 1. The molecule has 0 fully saturated rings. The van der Waals surface area contributed by atoms with Crippen LogP contribution >= 0.6 is 11.8 Å². The number of thioether (sulfide) groups is 1. The summed E-state index contributed by atoms with van der Waals surface area (Å²) in [4.78, 5) is 12.6. The average molecular weight is 290 g/mol. The van der Waals surface area contributed by atoms with Crippen molar-refractivity contribution in [3.63, 3.8) is 0 Å². The molecule has 2 rings (SSSR count). The fraction of sp³-hybridized carbons (Fsp3) is 0.357. The molecule has 5 nitrogen and oxygen atoms in total. The van der Waals surface area contributed by atoms with Gasteiger partial charge in [-0.1, -0.05) is 13.8 Å². The number of aryl methyl sites for hydroxylation is 1. The Balaban J connectivity index is 2.40. The fourth-order valence-corrected chi connectivity index (χ4v) is 2.12. The number of rotatable bonds is 4. The summed E-state index contributed by atoms with van der Waals surface area (Å²) >= 11 is 1.57. The van der Waals surface area contributed by atoms with Gasteiger partial charge < -0.3 is 10.5 Å². The number of aromatic nitrogens is 3. The summed E-state index contributed by atoms with van der Waals surface area (Å²) in [5, 5.41) is 0.899. The van der Waals surface area contributed by atoms with E-state index in [1.165, 1.54) is 0 Å². The van der Waals surface area contributed by atoms with Crippen molar-refractivity contribution in [2.24, 2.45) is 0 Å². The summed E-state index contributed by atoms with van der Waals surface area (Å²) in [7, 11) is 0. The Morgan fingerprint density at radius 2 is 1.95 bits per heavy atom. The molecule has 0 aliphatic heterocycles. The number of nitrogens with two attached hydrogens (primary N) is 1. The van der Waals surface area contributed by atoms with Gasteiger partial charge in [0.15, 0.2) is 11.6 Å². The maximum Gasteiger partial charge on any atom is 0.187 e. The predicted octanol–water partition coefficient (Wildman–Crippen LogP) is 3.40. The molecule has 0 aliphatic rings. The van der Waals surface area contributed by atoms with Gasteiger partial charge >= 0.3 is 0 Å². The Labute approximate surface area is 123 Å². The van der Waals surface area contributed by atoms with E-state index >= 15 is 0 Å². The van der Waals surface area contributed by atoms with Crippen LogP contribution in [0.15, 0.2) is 23.5 Å². The van der Waals surface area contributed by atoms with Crippen LogP contribution in [0.3, 0.4) is 0 Å². The minimum atomic E-state index is 0.306. The molecule has 2 heterocycles. The van der Waals surface area contributed by atoms with Gasteiger partial charge in [0, 0.05) is 17.8 Å². The normalized spacial score (nSPS) is 10.8. The van der Waals surface area contributed by atoms with E-state index < -0.39 is 0 Å². The Morgan fingerprint density at radius 3 is 2.55 bits per heavy atom. The summed E-state index contributed by atoms with van der Waals surface area (Å²) in [6, 6.07) is 1.92. The minimum absolute atomic E-state index is 0.306. The van der Waals surface area contributed by atoms with Gasteiger partial charge in [-0.25, -0.2) is 15.0 Å². The first-order valence-corrected chi connectivity index (χ1v) is 7.54. The topological polar surface area (TPSA) is 73.9 Å².